The summed E-state index contributed by atoms with van der Waals surface area (Å²) in [7, 11) is 1.49. The van der Waals surface area contributed by atoms with Gasteiger partial charge in [0.05, 0.1) is 18.4 Å². The van der Waals surface area contributed by atoms with Crippen molar-refractivity contribution >= 4 is 40.4 Å². The van der Waals surface area contributed by atoms with E-state index in [1.807, 2.05) is 0 Å². The minimum Gasteiger partial charge on any atom is -0.496 e. The van der Waals surface area contributed by atoms with Crippen molar-refractivity contribution in [2.45, 2.75) is 6.92 Å². The fourth-order valence-corrected chi connectivity index (χ4v) is 3.65. The molecule has 0 saturated heterocycles. The van der Waals surface area contributed by atoms with Crippen molar-refractivity contribution in [1.29, 1.82) is 0 Å². The molecule has 0 atom stereocenters. The molecule has 5 nitrogen and oxygen atoms in total. The second-order valence-electron chi connectivity index (χ2n) is 6.91. The van der Waals surface area contributed by atoms with Gasteiger partial charge in [0.15, 0.2) is 0 Å². The third-order valence-corrected chi connectivity index (χ3v) is 5.46. The van der Waals surface area contributed by atoms with Crippen molar-refractivity contribution in [3.63, 3.8) is 0 Å². The quantitative estimate of drug-likeness (QED) is 0.559. The Bertz CT molecular complexity index is 1240. The maximum atomic E-state index is 13.8. The number of carbonyl (C=O) groups excluding carboxylic acids is 2. The van der Waals surface area contributed by atoms with E-state index in [9.17, 15) is 14.0 Å². The largest absolute Gasteiger partial charge is 0.496 e. The predicted molar refractivity (Wildman–Crippen MR) is 119 cm³/mol. The summed E-state index contributed by atoms with van der Waals surface area (Å²) >= 11 is 6.23. The molecule has 3 aromatic carbocycles. The number of amides is 2. The molecule has 0 fully saturated rings. The standard InChI is InChI=1S/C24H18ClFN2O3/c1-14-18(25)10-6-11-19(14)27-22-21(17-9-3-4-12-20(17)31-2)23(29)28(24(22)30)16-8-5-7-15(26)13-16/h3-13,27H,1-2H3. The van der Waals surface area contributed by atoms with E-state index in [4.69, 9.17) is 16.3 Å². The fourth-order valence-electron chi connectivity index (χ4n) is 3.47. The predicted octanol–water partition coefficient (Wildman–Crippen LogP) is 5.19. The minimum atomic E-state index is -0.601. The zero-order valence-electron chi connectivity index (χ0n) is 16.8. The first kappa shape index (κ1) is 20.6. The molecule has 0 aliphatic carbocycles. The van der Waals surface area contributed by atoms with E-state index >= 15 is 0 Å². The van der Waals surface area contributed by atoms with Gasteiger partial charge >= 0.3 is 0 Å². The van der Waals surface area contributed by atoms with Crippen LogP contribution in [-0.2, 0) is 9.59 Å². The van der Waals surface area contributed by atoms with Gasteiger partial charge in [-0.1, -0.05) is 41.9 Å². The number of carbonyl (C=O) groups is 2. The molecule has 2 amide bonds. The summed E-state index contributed by atoms with van der Waals surface area (Å²) in [5.41, 5.74) is 2.08. The van der Waals surface area contributed by atoms with Gasteiger partial charge in [0.1, 0.15) is 17.3 Å². The number of para-hydroxylation sites is 1. The van der Waals surface area contributed by atoms with Gasteiger partial charge in [-0.25, -0.2) is 9.29 Å². The van der Waals surface area contributed by atoms with Crippen LogP contribution in [0, 0.1) is 12.7 Å². The van der Waals surface area contributed by atoms with Gasteiger partial charge < -0.3 is 10.1 Å². The number of hydrogen-bond acceptors (Lipinski definition) is 4. The first-order chi connectivity index (χ1) is 14.9. The molecular weight excluding hydrogens is 419 g/mol. The molecule has 0 bridgehead atoms. The second-order valence-corrected chi connectivity index (χ2v) is 7.32. The Morgan fingerprint density at radius 3 is 2.45 bits per heavy atom. The molecule has 0 saturated carbocycles. The van der Waals surface area contributed by atoms with Crippen LogP contribution in [0.2, 0.25) is 5.02 Å². The molecule has 1 aliphatic heterocycles. The van der Waals surface area contributed by atoms with Crippen LogP contribution in [0.3, 0.4) is 0 Å². The van der Waals surface area contributed by atoms with E-state index < -0.39 is 17.6 Å². The molecular formula is C24H18ClFN2O3. The number of rotatable bonds is 5. The summed E-state index contributed by atoms with van der Waals surface area (Å²) in [6.45, 7) is 1.81. The SMILES string of the molecule is COc1ccccc1C1=C(Nc2cccc(Cl)c2C)C(=O)N(c2cccc(F)c2)C1=O. The second kappa shape index (κ2) is 8.24. The molecule has 0 spiro atoms. The molecule has 0 radical (unpaired) electrons. The number of anilines is 2. The van der Waals surface area contributed by atoms with Crippen LogP contribution in [0.4, 0.5) is 15.8 Å². The lowest BCUT2D eigenvalue weighted by Gasteiger charge is -2.16. The summed E-state index contributed by atoms with van der Waals surface area (Å²) in [6.07, 6.45) is 0. The highest BCUT2D eigenvalue weighted by Crippen LogP contribution is 2.38. The Morgan fingerprint density at radius 1 is 0.968 bits per heavy atom. The number of ether oxygens (including phenoxy) is 1. The van der Waals surface area contributed by atoms with Gasteiger partial charge in [-0.2, -0.15) is 0 Å². The summed E-state index contributed by atoms with van der Waals surface area (Å²) in [4.78, 5) is 27.8. The minimum absolute atomic E-state index is 0.0594. The Hall–Kier alpha value is -3.64. The Labute approximate surface area is 183 Å². The number of hydrogen-bond donors (Lipinski definition) is 1. The van der Waals surface area contributed by atoms with Gasteiger partial charge in [0, 0.05) is 16.3 Å². The maximum absolute atomic E-state index is 13.8. The van der Waals surface area contributed by atoms with Crippen molar-refractivity contribution in [2.24, 2.45) is 0 Å². The fraction of sp³-hybridized carbons (Fsp3) is 0.0833. The summed E-state index contributed by atoms with van der Waals surface area (Å²) in [6, 6.07) is 17.5. The molecule has 1 N–H and O–H groups in total. The number of nitrogens with one attached hydrogen (secondary N) is 1. The molecule has 0 aromatic heterocycles. The van der Waals surface area contributed by atoms with E-state index in [1.165, 1.54) is 25.3 Å². The number of benzene rings is 3. The lowest BCUT2D eigenvalue weighted by atomic mass is 10.0. The smallest absolute Gasteiger partial charge is 0.282 e. The molecule has 1 aliphatic rings. The van der Waals surface area contributed by atoms with Gasteiger partial charge in [-0.3, -0.25) is 9.59 Å². The highest BCUT2D eigenvalue weighted by molar-refractivity contribution is 6.46. The first-order valence-corrected chi connectivity index (χ1v) is 9.84. The summed E-state index contributed by atoms with van der Waals surface area (Å²) in [5.74, 6) is -1.30. The maximum Gasteiger partial charge on any atom is 0.282 e. The van der Waals surface area contributed by atoms with Crippen molar-refractivity contribution in [3.05, 3.63) is 94.4 Å². The number of halogens is 2. The lowest BCUT2D eigenvalue weighted by molar-refractivity contribution is -0.120. The molecule has 3 aromatic rings. The molecule has 31 heavy (non-hydrogen) atoms. The highest BCUT2D eigenvalue weighted by atomic mass is 35.5. The van der Waals surface area contributed by atoms with Crippen LogP contribution < -0.4 is 15.0 Å². The van der Waals surface area contributed by atoms with Crippen molar-refractivity contribution in [1.82, 2.24) is 0 Å². The Morgan fingerprint density at radius 2 is 1.71 bits per heavy atom. The average molecular weight is 437 g/mol. The average Bonchev–Trinajstić information content (AvgIpc) is 3.00. The number of methoxy groups -OCH3 is 1. The molecule has 0 unspecified atom stereocenters. The van der Waals surface area contributed by atoms with Gasteiger partial charge in [0.2, 0.25) is 0 Å². The molecule has 4 rings (SSSR count). The van der Waals surface area contributed by atoms with Crippen molar-refractivity contribution < 1.29 is 18.7 Å². The van der Waals surface area contributed by atoms with Crippen LogP contribution in [0.25, 0.3) is 5.57 Å². The van der Waals surface area contributed by atoms with Crippen LogP contribution in [0.15, 0.2) is 72.4 Å². The van der Waals surface area contributed by atoms with Gasteiger partial charge in [-0.05, 0) is 48.9 Å². The van der Waals surface area contributed by atoms with E-state index in [1.54, 1.807) is 49.4 Å². The lowest BCUT2D eigenvalue weighted by Crippen LogP contribution is -2.32. The monoisotopic (exact) mass is 436 g/mol. The normalized spacial score (nSPS) is 13.7. The highest BCUT2D eigenvalue weighted by Gasteiger charge is 2.41. The molecule has 1 heterocycles. The zero-order chi connectivity index (χ0) is 22.1. The third kappa shape index (κ3) is 3.66. The van der Waals surface area contributed by atoms with Gasteiger partial charge in [0.25, 0.3) is 11.8 Å². The van der Waals surface area contributed by atoms with Crippen LogP contribution >= 0.6 is 11.6 Å². The van der Waals surface area contributed by atoms with Crippen LogP contribution in [0.5, 0.6) is 5.75 Å². The van der Waals surface area contributed by atoms with Crippen LogP contribution in [-0.4, -0.2) is 18.9 Å². The van der Waals surface area contributed by atoms with E-state index in [2.05, 4.69) is 5.32 Å². The number of imide groups is 1. The Kier molecular flexibility index (Phi) is 5.48. The number of nitrogens with zero attached hydrogens (tertiary/aromatic N) is 1. The van der Waals surface area contributed by atoms with Crippen LogP contribution in [0.1, 0.15) is 11.1 Å². The van der Waals surface area contributed by atoms with E-state index in [0.29, 0.717) is 22.0 Å². The summed E-state index contributed by atoms with van der Waals surface area (Å²) < 4.78 is 19.3. The summed E-state index contributed by atoms with van der Waals surface area (Å²) in [5, 5.41) is 3.60. The van der Waals surface area contributed by atoms with Crippen molar-refractivity contribution in [3.8, 4) is 5.75 Å². The van der Waals surface area contributed by atoms with E-state index in [0.717, 1.165) is 16.5 Å². The van der Waals surface area contributed by atoms with Gasteiger partial charge in [-0.15, -0.1) is 0 Å². The zero-order valence-corrected chi connectivity index (χ0v) is 17.5. The Balaban J connectivity index is 1.90. The topological polar surface area (TPSA) is 58.6 Å². The van der Waals surface area contributed by atoms with Crippen molar-refractivity contribution in [2.75, 3.05) is 17.3 Å². The first-order valence-electron chi connectivity index (χ1n) is 9.46. The van der Waals surface area contributed by atoms with E-state index in [-0.39, 0.29) is 17.0 Å². The molecule has 7 heteroatoms. The molecule has 156 valence electrons. The third-order valence-electron chi connectivity index (χ3n) is 5.05.